The molecule has 0 amide bonds. The second-order valence-electron chi connectivity index (χ2n) is 6.60. The maximum absolute atomic E-state index is 12.6. The van der Waals surface area contributed by atoms with E-state index in [1.54, 1.807) is 38.1 Å². The number of nitrogens with one attached hydrogen (secondary N) is 2. The van der Waals surface area contributed by atoms with Crippen LogP contribution in [0.3, 0.4) is 0 Å². The minimum absolute atomic E-state index is 0.202. The van der Waals surface area contributed by atoms with E-state index in [9.17, 15) is 8.42 Å². The van der Waals surface area contributed by atoms with E-state index in [1.807, 2.05) is 31.2 Å². The van der Waals surface area contributed by atoms with Crippen LogP contribution < -0.4 is 10.6 Å². The molecule has 0 saturated carbocycles. The molecule has 28 heavy (non-hydrogen) atoms. The predicted octanol–water partition coefficient (Wildman–Crippen LogP) is 5.11. The first-order valence-corrected chi connectivity index (χ1v) is 10.7. The molecule has 0 spiro atoms. The van der Waals surface area contributed by atoms with E-state index in [2.05, 4.69) is 20.6 Å². The lowest BCUT2D eigenvalue weighted by atomic mass is 10.2. The zero-order chi connectivity index (χ0) is 20.3. The molecule has 0 aliphatic carbocycles. The van der Waals surface area contributed by atoms with Gasteiger partial charge < -0.3 is 10.6 Å². The maximum Gasteiger partial charge on any atom is 0.229 e. The van der Waals surface area contributed by atoms with Gasteiger partial charge in [0.1, 0.15) is 5.02 Å². The Hall–Kier alpha value is -2.64. The Morgan fingerprint density at radius 2 is 1.68 bits per heavy atom. The lowest BCUT2D eigenvalue weighted by Crippen LogP contribution is -2.15. The second kappa shape index (κ2) is 8.16. The zero-order valence-corrected chi connectivity index (χ0v) is 17.3. The number of hydrogen-bond acceptors (Lipinski definition) is 6. The first kappa shape index (κ1) is 20.1. The van der Waals surface area contributed by atoms with Crippen molar-refractivity contribution in [2.24, 2.45) is 0 Å². The quantitative estimate of drug-likeness (QED) is 0.581. The summed E-state index contributed by atoms with van der Waals surface area (Å²) in [7, 11) is -3.47. The lowest BCUT2D eigenvalue weighted by Gasteiger charge is -2.15. The molecule has 0 bridgehead atoms. The van der Waals surface area contributed by atoms with E-state index < -0.39 is 15.1 Å². The molecule has 0 unspecified atom stereocenters. The molecule has 1 heterocycles. The highest BCUT2D eigenvalue weighted by Crippen LogP contribution is 2.30. The first-order valence-electron chi connectivity index (χ1n) is 8.73. The monoisotopic (exact) mass is 416 g/mol. The second-order valence-corrected chi connectivity index (χ2v) is 9.48. The number of sulfone groups is 1. The van der Waals surface area contributed by atoms with Crippen molar-refractivity contribution in [3.05, 3.63) is 65.3 Å². The highest BCUT2D eigenvalue weighted by Gasteiger charge is 2.23. The summed E-state index contributed by atoms with van der Waals surface area (Å²) >= 11 is 6.23. The fraction of sp³-hybridized carbons (Fsp3) is 0.200. The molecule has 8 heteroatoms. The summed E-state index contributed by atoms with van der Waals surface area (Å²) in [6.07, 6.45) is 1.47. The zero-order valence-electron chi connectivity index (χ0n) is 15.8. The van der Waals surface area contributed by atoms with Crippen molar-refractivity contribution in [1.29, 1.82) is 0 Å². The van der Waals surface area contributed by atoms with Crippen molar-refractivity contribution in [3.8, 4) is 0 Å². The summed E-state index contributed by atoms with van der Waals surface area (Å²) < 4.78 is 25.3. The van der Waals surface area contributed by atoms with Gasteiger partial charge in [0.15, 0.2) is 15.7 Å². The van der Waals surface area contributed by atoms with Crippen LogP contribution in [0, 0.1) is 6.92 Å². The molecule has 1 aromatic heterocycles. The highest BCUT2D eigenvalue weighted by molar-refractivity contribution is 7.92. The van der Waals surface area contributed by atoms with Crippen LogP contribution in [0.25, 0.3) is 0 Å². The van der Waals surface area contributed by atoms with Gasteiger partial charge in [-0.15, -0.1) is 0 Å². The van der Waals surface area contributed by atoms with Gasteiger partial charge in [-0.25, -0.2) is 13.4 Å². The van der Waals surface area contributed by atoms with Crippen molar-refractivity contribution in [2.75, 3.05) is 10.6 Å². The number of aromatic nitrogens is 2. The molecule has 0 atom stereocenters. The number of rotatable bonds is 6. The van der Waals surface area contributed by atoms with Crippen LogP contribution in [0.1, 0.15) is 19.4 Å². The summed E-state index contributed by atoms with van der Waals surface area (Å²) in [6.45, 7) is 5.30. The molecule has 6 nitrogen and oxygen atoms in total. The fourth-order valence-electron chi connectivity index (χ4n) is 2.48. The summed E-state index contributed by atoms with van der Waals surface area (Å²) in [5.74, 6) is 0.664. The highest BCUT2D eigenvalue weighted by atomic mass is 35.5. The summed E-state index contributed by atoms with van der Waals surface area (Å²) in [4.78, 5) is 8.78. The molecule has 2 N–H and O–H groups in total. The van der Waals surface area contributed by atoms with E-state index in [1.165, 1.54) is 6.20 Å². The number of hydrogen-bond donors (Lipinski definition) is 2. The smallest absolute Gasteiger partial charge is 0.229 e. The van der Waals surface area contributed by atoms with Crippen molar-refractivity contribution in [2.45, 2.75) is 30.9 Å². The third-order valence-electron chi connectivity index (χ3n) is 4.12. The standard InChI is InChI=1S/C20H21ClN4O2S/c1-13(2)28(26,27)18-7-5-4-6-17(18)24-19-16(21)12-22-20(25-19)23-15-10-8-14(3)9-11-15/h4-13H,1-3H3,(H2,22,23,24,25). The summed E-state index contributed by atoms with van der Waals surface area (Å²) in [5, 5.41) is 5.88. The van der Waals surface area contributed by atoms with Gasteiger partial charge >= 0.3 is 0 Å². The molecule has 0 fully saturated rings. The molecule has 0 saturated heterocycles. The van der Waals surface area contributed by atoms with E-state index in [0.29, 0.717) is 17.5 Å². The van der Waals surface area contributed by atoms with Crippen LogP contribution in [0.2, 0.25) is 5.02 Å². The van der Waals surface area contributed by atoms with Crippen LogP contribution in [-0.2, 0) is 9.84 Å². The molecular formula is C20H21ClN4O2S. The molecule has 3 rings (SSSR count). The summed E-state index contributed by atoms with van der Waals surface area (Å²) in [5.41, 5.74) is 2.40. The molecule has 0 aliphatic rings. The Labute approximate surface area is 169 Å². The minimum atomic E-state index is -3.47. The van der Waals surface area contributed by atoms with Crippen LogP contribution >= 0.6 is 11.6 Å². The Bertz CT molecular complexity index is 1080. The van der Waals surface area contributed by atoms with Crippen LogP contribution in [0.4, 0.5) is 23.1 Å². The first-order chi connectivity index (χ1) is 13.3. The third-order valence-corrected chi connectivity index (χ3v) is 6.61. The van der Waals surface area contributed by atoms with E-state index >= 15 is 0 Å². The van der Waals surface area contributed by atoms with Gasteiger partial charge in [0.25, 0.3) is 0 Å². The van der Waals surface area contributed by atoms with Gasteiger partial charge in [0.2, 0.25) is 5.95 Å². The number of nitrogens with zero attached hydrogens (tertiary/aromatic N) is 2. The Balaban J connectivity index is 1.92. The average molecular weight is 417 g/mol. The molecule has 3 aromatic rings. The normalized spacial score (nSPS) is 11.5. The van der Waals surface area contributed by atoms with Gasteiger partial charge in [-0.3, -0.25) is 0 Å². The van der Waals surface area contributed by atoms with Crippen LogP contribution in [0.15, 0.2) is 59.6 Å². The van der Waals surface area contributed by atoms with Gasteiger partial charge in [0, 0.05) is 5.69 Å². The minimum Gasteiger partial charge on any atom is -0.338 e. The SMILES string of the molecule is Cc1ccc(Nc2ncc(Cl)c(Nc3ccccc3S(=O)(=O)C(C)C)n2)cc1. The maximum atomic E-state index is 12.6. The topological polar surface area (TPSA) is 84.0 Å². The van der Waals surface area contributed by atoms with Crippen LogP contribution in [0.5, 0.6) is 0 Å². The number of halogens is 1. The van der Waals surface area contributed by atoms with Gasteiger partial charge in [-0.2, -0.15) is 4.98 Å². The van der Waals surface area contributed by atoms with Gasteiger partial charge in [-0.05, 0) is 45.0 Å². The average Bonchev–Trinajstić information content (AvgIpc) is 2.66. The fourth-order valence-corrected chi connectivity index (χ4v) is 3.82. The van der Waals surface area contributed by atoms with E-state index in [4.69, 9.17) is 11.6 Å². The predicted molar refractivity (Wildman–Crippen MR) is 114 cm³/mol. The van der Waals surface area contributed by atoms with E-state index in [0.717, 1.165) is 11.3 Å². The molecule has 146 valence electrons. The van der Waals surface area contributed by atoms with Crippen molar-refractivity contribution in [1.82, 2.24) is 9.97 Å². The molecule has 0 aliphatic heterocycles. The van der Waals surface area contributed by atoms with Crippen molar-refractivity contribution < 1.29 is 8.42 Å². The largest absolute Gasteiger partial charge is 0.338 e. The van der Waals surface area contributed by atoms with Crippen LogP contribution in [-0.4, -0.2) is 23.6 Å². The van der Waals surface area contributed by atoms with E-state index in [-0.39, 0.29) is 9.92 Å². The number of anilines is 4. The third kappa shape index (κ3) is 4.43. The Kier molecular flexibility index (Phi) is 5.86. The Morgan fingerprint density at radius 3 is 2.36 bits per heavy atom. The molecular weight excluding hydrogens is 396 g/mol. The number of para-hydroxylation sites is 1. The number of aryl methyl sites for hydroxylation is 1. The van der Waals surface area contributed by atoms with Crippen molar-refractivity contribution >= 4 is 44.6 Å². The van der Waals surface area contributed by atoms with Crippen molar-refractivity contribution in [3.63, 3.8) is 0 Å². The van der Waals surface area contributed by atoms with Gasteiger partial charge in [0.05, 0.1) is 22.0 Å². The molecule has 2 aromatic carbocycles. The lowest BCUT2D eigenvalue weighted by molar-refractivity contribution is 0.588. The Morgan fingerprint density at radius 1 is 1.00 bits per heavy atom. The summed E-state index contributed by atoms with van der Waals surface area (Å²) in [6, 6.07) is 14.5. The molecule has 0 radical (unpaired) electrons. The number of benzene rings is 2. The van der Waals surface area contributed by atoms with Gasteiger partial charge in [-0.1, -0.05) is 41.4 Å².